The highest BCUT2D eigenvalue weighted by Crippen LogP contribution is 2.20. The number of aromatic amines is 1. The molecule has 2 heterocycles. The summed E-state index contributed by atoms with van der Waals surface area (Å²) < 4.78 is 0. The molecule has 24 heavy (non-hydrogen) atoms. The molecule has 10 nitrogen and oxygen atoms in total. The molecule has 0 aromatic carbocycles. The molecule has 0 aliphatic carbocycles. The van der Waals surface area contributed by atoms with Crippen molar-refractivity contribution in [2.45, 2.75) is 18.5 Å². The highest BCUT2D eigenvalue weighted by Gasteiger charge is 2.38. The lowest BCUT2D eigenvalue weighted by Gasteiger charge is -2.32. The van der Waals surface area contributed by atoms with Crippen molar-refractivity contribution >= 4 is 11.9 Å². The first-order chi connectivity index (χ1) is 11.6. The first-order valence-electron chi connectivity index (χ1n) is 6.95. The molecule has 0 bridgehead atoms. The number of carboxylic acid groups (broad SMARTS) is 1. The van der Waals surface area contributed by atoms with Gasteiger partial charge in [-0.2, -0.15) is 0 Å². The van der Waals surface area contributed by atoms with Gasteiger partial charge in [-0.1, -0.05) is 12.0 Å². The van der Waals surface area contributed by atoms with E-state index in [1.807, 2.05) is 0 Å². The number of carbonyl (C=O) groups is 2. The minimum absolute atomic E-state index is 0.0283. The number of hydrogen-bond donors (Lipinski definition) is 4. The van der Waals surface area contributed by atoms with Gasteiger partial charge >= 0.3 is 5.97 Å². The van der Waals surface area contributed by atoms with Gasteiger partial charge in [0.25, 0.3) is 5.91 Å². The van der Waals surface area contributed by atoms with Crippen LogP contribution >= 0.6 is 0 Å². The number of nitrogens with one attached hydrogen (secondary N) is 3. The maximum Gasteiger partial charge on any atom is 0.303 e. The third-order valence-electron chi connectivity index (χ3n) is 3.18. The van der Waals surface area contributed by atoms with Crippen LogP contribution in [0.25, 0.3) is 0 Å². The lowest BCUT2D eigenvalue weighted by atomic mass is 10.0. The summed E-state index contributed by atoms with van der Waals surface area (Å²) in [6.45, 7) is 0.0584. The van der Waals surface area contributed by atoms with Crippen molar-refractivity contribution in [1.82, 2.24) is 36.2 Å². The summed E-state index contributed by atoms with van der Waals surface area (Å²) in [5.74, 6) is 0.953. The molecule has 124 valence electrons. The maximum absolute atomic E-state index is 12.5. The van der Waals surface area contributed by atoms with Crippen molar-refractivity contribution in [3.8, 4) is 12.3 Å². The van der Waals surface area contributed by atoms with E-state index in [-0.39, 0.29) is 30.9 Å². The van der Waals surface area contributed by atoms with Gasteiger partial charge in [0.05, 0.1) is 6.54 Å². The lowest BCUT2D eigenvalue weighted by molar-refractivity contribution is -0.137. The van der Waals surface area contributed by atoms with Crippen LogP contribution in [0.3, 0.4) is 0 Å². The van der Waals surface area contributed by atoms with Gasteiger partial charge in [-0.3, -0.25) is 19.9 Å². The molecule has 4 N–H and O–H groups in total. The zero-order chi connectivity index (χ0) is 17.4. The summed E-state index contributed by atoms with van der Waals surface area (Å²) in [5, 5.41) is 27.9. The summed E-state index contributed by atoms with van der Waals surface area (Å²) in [6.07, 6.45) is 6.46. The molecule has 0 radical (unpaired) electrons. The van der Waals surface area contributed by atoms with Crippen LogP contribution in [0.15, 0.2) is 24.4 Å². The lowest BCUT2D eigenvalue weighted by Crippen LogP contribution is -2.57. The third kappa shape index (κ3) is 4.11. The Morgan fingerprint density at radius 1 is 1.42 bits per heavy atom. The van der Waals surface area contributed by atoms with Crippen LogP contribution in [0.5, 0.6) is 0 Å². The molecule has 0 aliphatic heterocycles. The minimum atomic E-state index is -1.37. The standard InChI is InChI=1S/C14H15N7O3/c1-2-8-16-14(7-6-11(22)23,13-18-20-21-19-13)17-12(24)10-5-3-4-9-15-10/h1,3-5,9,16H,6-8H2,(H,17,24)(H,22,23)(H,18,19,20,21). The number of amides is 1. The Labute approximate surface area is 137 Å². The Morgan fingerprint density at radius 2 is 2.25 bits per heavy atom. The average molecular weight is 329 g/mol. The van der Waals surface area contributed by atoms with Gasteiger partial charge in [-0.05, 0) is 22.6 Å². The SMILES string of the molecule is C#CCNC(CCC(=O)O)(NC(=O)c1ccccn1)c1nnn[nH]1. The summed E-state index contributed by atoms with van der Waals surface area (Å²) in [6, 6.07) is 4.86. The Kier molecular flexibility index (Phi) is 5.54. The van der Waals surface area contributed by atoms with E-state index in [0.29, 0.717) is 0 Å². The molecule has 1 unspecified atom stereocenters. The van der Waals surface area contributed by atoms with Gasteiger partial charge in [0.1, 0.15) is 5.69 Å². The fraction of sp³-hybridized carbons (Fsp3) is 0.286. The number of pyridine rings is 1. The van der Waals surface area contributed by atoms with Crippen LogP contribution in [0.1, 0.15) is 29.2 Å². The van der Waals surface area contributed by atoms with Crippen LogP contribution in [0.2, 0.25) is 0 Å². The summed E-state index contributed by atoms with van der Waals surface area (Å²) in [4.78, 5) is 27.4. The number of carboxylic acids is 1. The molecule has 10 heteroatoms. The van der Waals surface area contributed by atoms with Crippen molar-refractivity contribution in [2.24, 2.45) is 0 Å². The number of aliphatic carboxylic acids is 1. The quantitative estimate of drug-likeness (QED) is 0.366. The van der Waals surface area contributed by atoms with E-state index >= 15 is 0 Å². The second-order valence-corrected chi connectivity index (χ2v) is 4.78. The Balaban J connectivity index is 2.34. The number of rotatable bonds is 8. The van der Waals surface area contributed by atoms with E-state index in [1.54, 1.807) is 12.1 Å². The van der Waals surface area contributed by atoms with Crippen molar-refractivity contribution < 1.29 is 14.7 Å². The average Bonchev–Trinajstić information content (AvgIpc) is 3.13. The van der Waals surface area contributed by atoms with Crippen LogP contribution in [-0.2, 0) is 10.5 Å². The molecule has 0 fully saturated rings. The van der Waals surface area contributed by atoms with Crippen LogP contribution < -0.4 is 10.6 Å². The minimum Gasteiger partial charge on any atom is -0.481 e. The van der Waals surface area contributed by atoms with Gasteiger partial charge < -0.3 is 10.4 Å². The van der Waals surface area contributed by atoms with Gasteiger partial charge in [0.2, 0.25) is 0 Å². The number of nitrogens with zero attached hydrogens (tertiary/aromatic N) is 4. The highest BCUT2D eigenvalue weighted by molar-refractivity contribution is 5.92. The fourth-order valence-electron chi connectivity index (χ4n) is 2.05. The molecule has 0 spiro atoms. The molecule has 2 aromatic heterocycles. The highest BCUT2D eigenvalue weighted by atomic mass is 16.4. The van der Waals surface area contributed by atoms with Crippen molar-refractivity contribution in [2.75, 3.05) is 6.54 Å². The largest absolute Gasteiger partial charge is 0.481 e. The number of H-pyrrole nitrogens is 1. The summed E-state index contributed by atoms with van der Waals surface area (Å²) in [7, 11) is 0. The fourth-order valence-corrected chi connectivity index (χ4v) is 2.05. The van der Waals surface area contributed by atoms with Crippen LogP contribution in [-0.4, -0.2) is 49.1 Å². The van der Waals surface area contributed by atoms with E-state index in [2.05, 4.69) is 42.2 Å². The number of terminal acetylenes is 1. The van der Waals surface area contributed by atoms with E-state index in [1.165, 1.54) is 12.3 Å². The first-order valence-corrected chi connectivity index (χ1v) is 6.95. The maximum atomic E-state index is 12.5. The molecular formula is C14H15N7O3. The zero-order valence-corrected chi connectivity index (χ0v) is 12.6. The van der Waals surface area contributed by atoms with E-state index < -0.39 is 17.5 Å². The van der Waals surface area contributed by atoms with Gasteiger partial charge in [0.15, 0.2) is 11.5 Å². The molecule has 1 atom stereocenters. The second-order valence-electron chi connectivity index (χ2n) is 4.78. The predicted octanol–water partition coefficient (Wildman–Crippen LogP) is -0.735. The molecular weight excluding hydrogens is 314 g/mol. The smallest absolute Gasteiger partial charge is 0.303 e. The number of aromatic nitrogens is 5. The van der Waals surface area contributed by atoms with Gasteiger partial charge in [0, 0.05) is 19.0 Å². The normalized spacial score (nSPS) is 12.8. The molecule has 0 saturated carbocycles. The van der Waals surface area contributed by atoms with Crippen LogP contribution in [0, 0.1) is 12.3 Å². The first kappa shape index (κ1) is 17.0. The topological polar surface area (TPSA) is 146 Å². The van der Waals surface area contributed by atoms with E-state index in [4.69, 9.17) is 11.5 Å². The third-order valence-corrected chi connectivity index (χ3v) is 3.18. The number of tetrazole rings is 1. The second kappa shape index (κ2) is 7.80. The molecule has 0 aliphatic rings. The molecule has 1 amide bonds. The predicted molar refractivity (Wildman–Crippen MR) is 81.3 cm³/mol. The molecule has 2 rings (SSSR count). The van der Waals surface area contributed by atoms with Gasteiger partial charge in [-0.25, -0.2) is 5.10 Å². The zero-order valence-electron chi connectivity index (χ0n) is 12.6. The van der Waals surface area contributed by atoms with E-state index in [9.17, 15) is 9.59 Å². The van der Waals surface area contributed by atoms with E-state index in [0.717, 1.165) is 0 Å². The van der Waals surface area contributed by atoms with Gasteiger partial charge in [-0.15, -0.1) is 11.5 Å². The number of hydrogen-bond acceptors (Lipinski definition) is 7. The summed E-state index contributed by atoms with van der Waals surface area (Å²) >= 11 is 0. The van der Waals surface area contributed by atoms with Crippen molar-refractivity contribution in [1.29, 1.82) is 0 Å². The van der Waals surface area contributed by atoms with Crippen molar-refractivity contribution in [3.63, 3.8) is 0 Å². The van der Waals surface area contributed by atoms with Crippen LogP contribution in [0.4, 0.5) is 0 Å². The molecule has 2 aromatic rings. The molecule has 0 saturated heterocycles. The Morgan fingerprint density at radius 3 is 2.83 bits per heavy atom. The summed E-state index contributed by atoms with van der Waals surface area (Å²) in [5.41, 5.74) is -1.21. The number of carbonyl (C=O) groups excluding carboxylic acids is 1. The Hall–Kier alpha value is -3.32. The Bertz CT molecular complexity index is 727. The van der Waals surface area contributed by atoms with Crippen molar-refractivity contribution in [3.05, 3.63) is 35.9 Å². The monoisotopic (exact) mass is 329 g/mol.